The van der Waals surface area contributed by atoms with Gasteiger partial charge in [0.25, 0.3) is 5.91 Å². The molecule has 1 amide bonds. The average molecular weight is 308 g/mol. The number of β-amino-alcohol motifs (C(OH)–C–C–N with tert-alkyl or cyclic N) is 1. The summed E-state index contributed by atoms with van der Waals surface area (Å²) in [7, 11) is 0. The van der Waals surface area contributed by atoms with Crippen LogP contribution in [0, 0.1) is 12.8 Å². The quantitative estimate of drug-likeness (QED) is 0.762. The SMILES string of the molecule is Cc1cccc(C(=O)NCC2CNCC2O)n1.Cl.Cl. The van der Waals surface area contributed by atoms with Gasteiger partial charge in [0.15, 0.2) is 0 Å². The molecule has 2 rings (SSSR count). The highest BCUT2D eigenvalue weighted by Crippen LogP contribution is 2.07. The fourth-order valence-electron chi connectivity index (χ4n) is 1.91. The summed E-state index contributed by atoms with van der Waals surface area (Å²) >= 11 is 0. The summed E-state index contributed by atoms with van der Waals surface area (Å²) in [6.45, 7) is 3.66. The number of amides is 1. The lowest BCUT2D eigenvalue weighted by atomic mass is 10.1. The smallest absolute Gasteiger partial charge is 0.269 e. The third kappa shape index (κ3) is 4.95. The molecule has 0 spiro atoms. The first kappa shape index (κ1) is 18.1. The molecule has 1 aliphatic rings. The van der Waals surface area contributed by atoms with Gasteiger partial charge in [0, 0.05) is 31.2 Å². The summed E-state index contributed by atoms with van der Waals surface area (Å²) in [5, 5.41) is 15.5. The third-order valence-electron chi connectivity index (χ3n) is 2.95. The zero-order valence-corrected chi connectivity index (χ0v) is 12.3. The Hall–Kier alpha value is -0.880. The van der Waals surface area contributed by atoms with Crippen molar-refractivity contribution in [3.8, 4) is 0 Å². The van der Waals surface area contributed by atoms with E-state index >= 15 is 0 Å². The Morgan fingerprint density at radius 2 is 2.21 bits per heavy atom. The Balaban J connectivity index is 0.00000162. The van der Waals surface area contributed by atoms with E-state index in [-0.39, 0.29) is 42.7 Å². The molecule has 1 saturated heterocycles. The minimum atomic E-state index is -0.374. The molecule has 2 heterocycles. The Kier molecular flexibility index (Phi) is 7.94. The molecular weight excluding hydrogens is 289 g/mol. The van der Waals surface area contributed by atoms with Crippen molar-refractivity contribution < 1.29 is 9.90 Å². The first-order chi connectivity index (χ1) is 8.16. The molecule has 0 bridgehead atoms. The number of nitrogens with zero attached hydrogens (tertiary/aromatic N) is 1. The lowest BCUT2D eigenvalue weighted by Gasteiger charge is -2.13. The summed E-state index contributed by atoms with van der Waals surface area (Å²) in [5.41, 5.74) is 1.24. The maximum Gasteiger partial charge on any atom is 0.269 e. The van der Waals surface area contributed by atoms with Gasteiger partial charge in [-0.2, -0.15) is 0 Å². The molecule has 5 nitrogen and oxygen atoms in total. The van der Waals surface area contributed by atoms with Crippen molar-refractivity contribution in [2.24, 2.45) is 5.92 Å². The van der Waals surface area contributed by atoms with E-state index in [1.54, 1.807) is 6.07 Å². The zero-order chi connectivity index (χ0) is 12.3. The van der Waals surface area contributed by atoms with Crippen LogP contribution in [0.2, 0.25) is 0 Å². The summed E-state index contributed by atoms with van der Waals surface area (Å²) in [5.74, 6) is -0.100. The number of aromatic nitrogens is 1. The number of nitrogens with one attached hydrogen (secondary N) is 2. The number of aliphatic hydroxyl groups is 1. The molecule has 108 valence electrons. The van der Waals surface area contributed by atoms with Crippen molar-refractivity contribution in [3.63, 3.8) is 0 Å². The molecule has 0 aliphatic carbocycles. The van der Waals surface area contributed by atoms with Crippen LogP contribution in [0.25, 0.3) is 0 Å². The van der Waals surface area contributed by atoms with Crippen LogP contribution in [0.15, 0.2) is 18.2 Å². The van der Waals surface area contributed by atoms with Gasteiger partial charge in [0.2, 0.25) is 0 Å². The van der Waals surface area contributed by atoms with Crippen LogP contribution >= 0.6 is 24.8 Å². The van der Waals surface area contributed by atoms with Crippen molar-refractivity contribution >= 4 is 30.7 Å². The minimum Gasteiger partial charge on any atom is -0.391 e. The van der Waals surface area contributed by atoms with E-state index < -0.39 is 0 Å². The maximum atomic E-state index is 11.8. The summed E-state index contributed by atoms with van der Waals surface area (Å²) in [4.78, 5) is 15.9. The van der Waals surface area contributed by atoms with Crippen LogP contribution in [-0.4, -0.2) is 41.7 Å². The number of hydrogen-bond donors (Lipinski definition) is 3. The number of aryl methyl sites for hydroxylation is 1. The molecule has 19 heavy (non-hydrogen) atoms. The van der Waals surface area contributed by atoms with Crippen LogP contribution in [0.5, 0.6) is 0 Å². The molecule has 2 unspecified atom stereocenters. The highest BCUT2D eigenvalue weighted by Gasteiger charge is 2.25. The van der Waals surface area contributed by atoms with E-state index in [0.717, 1.165) is 12.2 Å². The monoisotopic (exact) mass is 307 g/mol. The molecule has 1 fully saturated rings. The number of halogens is 2. The fourth-order valence-corrected chi connectivity index (χ4v) is 1.91. The molecular formula is C12H19Cl2N3O2. The van der Waals surface area contributed by atoms with Crippen molar-refractivity contribution in [1.29, 1.82) is 0 Å². The second kappa shape index (κ2) is 8.32. The number of pyridine rings is 1. The van der Waals surface area contributed by atoms with Gasteiger partial charge in [-0.25, -0.2) is 4.98 Å². The van der Waals surface area contributed by atoms with Crippen LogP contribution in [0.1, 0.15) is 16.2 Å². The molecule has 7 heteroatoms. The molecule has 3 N–H and O–H groups in total. The number of carbonyl (C=O) groups excluding carboxylic acids is 1. The van der Waals surface area contributed by atoms with Crippen LogP contribution in [0.4, 0.5) is 0 Å². The maximum absolute atomic E-state index is 11.8. The van der Waals surface area contributed by atoms with E-state index in [1.807, 2.05) is 19.1 Å². The van der Waals surface area contributed by atoms with Crippen molar-refractivity contribution in [3.05, 3.63) is 29.6 Å². The van der Waals surface area contributed by atoms with Crippen LogP contribution < -0.4 is 10.6 Å². The standard InChI is InChI=1S/C12H17N3O2.2ClH/c1-8-3-2-4-10(15-8)12(17)14-6-9-5-13-7-11(9)16;;/h2-4,9,11,13,16H,5-7H2,1H3,(H,14,17);2*1H. The van der Waals surface area contributed by atoms with Gasteiger partial charge < -0.3 is 15.7 Å². The first-order valence-corrected chi connectivity index (χ1v) is 5.77. The Morgan fingerprint density at radius 3 is 2.79 bits per heavy atom. The van der Waals surface area contributed by atoms with Crippen LogP contribution in [0.3, 0.4) is 0 Å². The second-order valence-electron chi connectivity index (χ2n) is 4.36. The van der Waals surface area contributed by atoms with Crippen molar-refractivity contribution in [2.75, 3.05) is 19.6 Å². The highest BCUT2D eigenvalue weighted by atomic mass is 35.5. The van der Waals surface area contributed by atoms with E-state index in [4.69, 9.17) is 0 Å². The highest BCUT2D eigenvalue weighted by molar-refractivity contribution is 5.92. The molecule has 1 aliphatic heterocycles. The van der Waals surface area contributed by atoms with Crippen molar-refractivity contribution in [1.82, 2.24) is 15.6 Å². The number of carbonyl (C=O) groups is 1. The minimum absolute atomic E-state index is 0. The van der Waals surface area contributed by atoms with Crippen LogP contribution in [-0.2, 0) is 0 Å². The molecule has 0 aromatic carbocycles. The van der Waals surface area contributed by atoms with Gasteiger partial charge >= 0.3 is 0 Å². The molecule has 0 saturated carbocycles. The Morgan fingerprint density at radius 1 is 1.47 bits per heavy atom. The summed E-state index contributed by atoms with van der Waals surface area (Å²) in [6.07, 6.45) is -0.374. The molecule has 1 aromatic rings. The lowest BCUT2D eigenvalue weighted by Crippen LogP contribution is -2.34. The number of aliphatic hydroxyl groups excluding tert-OH is 1. The Bertz CT molecular complexity index is 418. The van der Waals surface area contributed by atoms with Gasteiger partial charge in [-0.05, 0) is 19.1 Å². The average Bonchev–Trinajstić information content (AvgIpc) is 2.72. The lowest BCUT2D eigenvalue weighted by molar-refractivity contribution is 0.0922. The van der Waals surface area contributed by atoms with Gasteiger partial charge in [0.1, 0.15) is 5.69 Å². The normalized spacial score (nSPS) is 21.2. The molecule has 0 radical (unpaired) electrons. The predicted molar refractivity (Wildman–Crippen MR) is 78.2 cm³/mol. The summed E-state index contributed by atoms with van der Waals surface area (Å²) < 4.78 is 0. The zero-order valence-electron chi connectivity index (χ0n) is 10.6. The topological polar surface area (TPSA) is 74.2 Å². The fraction of sp³-hybridized carbons (Fsp3) is 0.500. The first-order valence-electron chi connectivity index (χ1n) is 5.77. The van der Waals surface area contributed by atoms with E-state index in [9.17, 15) is 9.90 Å². The summed E-state index contributed by atoms with van der Waals surface area (Å²) in [6, 6.07) is 5.34. The number of hydrogen-bond acceptors (Lipinski definition) is 4. The van der Waals surface area contributed by atoms with E-state index in [1.165, 1.54) is 0 Å². The molecule has 2 atom stereocenters. The van der Waals surface area contributed by atoms with E-state index in [2.05, 4.69) is 15.6 Å². The van der Waals surface area contributed by atoms with Gasteiger partial charge in [-0.15, -0.1) is 24.8 Å². The predicted octanol–water partition coefficient (Wildman–Crippen LogP) is 0.544. The van der Waals surface area contributed by atoms with E-state index in [0.29, 0.717) is 18.8 Å². The largest absolute Gasteiger partial charge is 0.391 e. The number of rotatable bonds is 3. The molecule has 1 aromatic heterocycles. The third-order valence-corrected chi connectivity index (χ3v) is 2.95. The van der Waals surface area contributed by atoms with Gasteiger partial charge in [-0.1, -0.05) is 6.07 Å². The Labute approximate surface area is 125 Å². The van der Waals surface area contributed by atoms with Gasteiger partial charge in [-0.3, -0.25) is 4.79 Å². The second-order valence-corrected chi connectivity index (χ2v) is 4.36. The van der Waals surface area contributed by atoms with Crippen molar-refractivity contribution in [2.45, 2.75) is 13.0 Å². The van der Waals surface area contributed by atoms with Gasteiger partial charge in [0.05, 0.1) is 6.10 Å².